The molecule has 0 bridgehead atoms. The van der Waals surface area contributed by atoms with Gasteiger partial charge in [0.2, 0.25) is 0 Å². The van der Waals surface area contributed by atoms with Crippen LogP contribution in [-0.2, 0) is 23.5 Å². The number of carbonyl (C=O) groups excluding carboxylic acids is 1. The largest absolute Gasteiger partial charge is 0.469 e. The van der Waals surface area contributed by atoms with Crippen molar-refractivity contribution >= 4 is 15.4 Å². The lowest BCUT2D eigenvalue weighted by atomic mass is 9.84. The fraction of sp³-hybridized carbons (Fsp3) is 0.957. The van der Waals surface area contributed by atoms with Crippen molar-refractivity contribution in [1.29, 1.82) is 0 Å². The normalized spacial score (nSPS) is 28.1. The quantitative estimate of drug-likeness (QED) is 0.222. The van der Waals surface area contributed by atoms with Crippen LogP contribution in [-0.4, -0.2) is 49.4 Å². The summed E-state index contributed by atoms with van der Waals surface area (Å²) in [6.07, 6.45) is 12.3. The van der Waals surface area contributed by atoms with E-state index in [-0.39, 0.29) is 24.1 Å². The molecule has 176 valence electrons. The first kappa shape index (κ1) is 26.0. The molecule has 2 aliphatic rings. The molecule has 0 aromatic heterocycles. The van der Waals surface area contributed by atoms with E-state index >= 15 is 0 Å². The molecule has 5 atom stereocenters. The van der Waals surface area contributed by atoms with Gasteiger partial charge >= 0.3 is 5.97 Å². The van der Waals surface area contributed by atoms with Crippen molar-refractivity contribution in [3.63, 3.8) is 0 Å². The van der Waals surface area contributed by atoms with Crippen LogP contribution in [0.15, 0.2) is 0 Å². The number of unbranched alkanes of at least 4 members (excludes halogenated alkanes) is 5. The van der Waals surface area contributed by atoms with Crippen molar-refractivity contribution in [2.75, 3.05) is 20.3 Å². The van der Waals surface area contributed by atoms with E-state index in [1.54, 1.807) is 0 Å². The van der Waals surface area contributed by atoms with Crippen LogP contribution in [0.1, 0.15) is 90.4 Å². The average Bonchev–Trinajstić information content (AvgIpc) is 3.33. The summed E-state index contributed by atoms with van der Waals surface area (Å²) in [6, 6.07) is 0. The molecular formula is C23H43O6P. The number of aliphatic hydroxyl groups is 1. The van der Waals surface area contributed by atoms with Crippen LogP contribution in [0.5, 0.6) is 0 Å². The molecular weight excluding hydrogens is 403 g/mol. The molecule has 2 rings (SSSR count). The average molecular weight is 447 g/mol. The summed E-state index contributed by atoms with van der Waals surface area (Å²) in [4.78, 5) is 11.2. The Kier molecular flexibility index (Phi) is 12.1. The fourth-order valence-electron chi connectivity index (χ4n) is 5.16. The van der Waals surface area contributed by atoms with Crippen molar-refractivity contribution in [3.8, 4) is 0 Å². The maximum absolute atomic E-state index is 11.2. The molecule has 30 heavy (non-hydrogen) atoms. The summed E-state index contributed by atoms with van der Waals surface area (Å²) in [5.41, 5.74) is 0. The van der Waals surface area contributed by atoms with Gasteiger partial charge in [-0.3, -0.25) is 4.79 Å². The van der Waals surface area contributed by atoms with Crippen molar-refractivity contribution in [3.05, 3.63) is 0 Å². The highest BCUT2D eigenvalue weighted by Crippen LogP contribution is 2.43. The van der Waals surface area contributed by atoms with Gasteiger partial charge in [-0.05, 0) is 37.5 Å². The number of hydrogen-bond donors (Lipinski definition) is 1. The molecule has 0 aromatic carbocycles. The minimum atomic E-state index is -0.438. The molecule has 1 saturated heterocycles. The zero-order valence-electron chi connectivity index (χ0n) is 19.0. The monoisotopic (exact) mass is 446 g/mol. The Bertz CT molecular complexity index is 482. The van der Waals surface area contributed by atoms with Gasteiger partial charge in [-0.15, -0.1) is 0 Å². The molecule has 2 fully saturated rings. The SMILES string of the molecule is CCCCCC1(CCC2C(OP)CC(O)C2CCCCCCC(=O)OC)OCCO1. The second-order valence-corrected chi connectivity index (χ2v) is 9.21. The van der Waals surface area contributed by atoms with Crippen molar-refractivity contribution in [2.24, 2.45) is 11.8 Å². The van der Waals surface area contributed by atoms with E-state index in [9.17, 15) is 9.90 Å². The van der Waals surface area contributed by atoms with Gasteiger partial charge in [0.25, 0.3) is 0 Å². The first-order chi connectivity index (χ1) is 14.5. The number of aliphatic hydroxyl groups excluding tert-OH is 1. The molecule has 5 unspecified atom stereocenters. The minimum Gasteiger partial charge on any atom is -0.469 e. The zero-order valence-corrected chi connectivity index (χ0v) is 20.1. The van der Waals surface area contributed by atoms with Crippen molar-refractivity contribution < 1.29 is 28.6 Å². The van der Waals surface area contributed by atoms with Gasteiger partial charge < -0.3 is 23.8 Å². The molecule has 1 aliphatic heterocycles. The van der Waals surface area contributed by atoms with Gasteiger partial charge in [0, 0.05) is 35.2 Å². The Morgan fingerprint density at radius 2 is 1.77 bits per heavy atom. The lowest BCUT2D eigenvalue weighted by Gasteiger charge is -2.31. The number of ether oxygens (including phenoxy) is 3. The van der Waals surface area contributed by atoms with Crippen molar-refractivity contribution in [1.82, 2.24) is 0 Å². The number of hydrogen-bond acceptors (Lipinski definition) is 6. The van der Waals surface area contributed by atoms with Crippen molar-refractivity contribution in [2.45, 2.75) is 108 Å². The van der Waals surface area contributed by atoms with E-state index in [4.69, 9.17) is 18.7 Å². The first-order valence-corrected chi connectivity index (χ1v) is 12.4. The van der Waals surface area contributed by atoms with Crippen LogP contribution in [0.4, 0.5) is 0 Å². The predicted molar refractivity (Wildman–Crippen MR) is 120 cm³/mol. The van der Waals surface area contributed by atoms with Gasteiger partial charge in [0.05, 0.1) is 32.5 Å². The Morgan fingerprint density at radius 3 is 2.43 bits per heavy atom. The molecule has 1 heterocycles. The molecule has 0 radical (unpaired) electrons. The Morgan fingerprint density at radius 1 is 1.03 bits per heavy atom. The van der Waals surface area contributed by atoms with Gasteiger partial charge in [0.1, 0.15) is 0 Å². The van der Waals surface area contributed by atoms with Crippen LogP contribution in [0.2, 0.25) is 0 Å². The fourth-order valence-corrected chi connectivity index (χ4v) is 5.47. The summed E-state index contributed by atoms with van der Waals surface area (Å²) >= 11 is 0. The predicted octanol–water partition coefficient (Wildman–Crippen LogP) is 4.78. The van der Waals surface area contributed by atoms with E-state index < -0.39 is 5.79 Å². The zero-order chi connectivity index (χ0) is 21.8. The van der Waals surface area contributed by atoms with E-state index in [1.807, 2.05) is 0 Å². The second kappa shape index (κ2) is 14.0. The molecule has 1 saturated carbocycles. The molecule has 0 spiro atoms. The lowest BCUT2D eigenvalue weighted by molar-refractivity contribution is -0.171. The van der Waals surface area contributed by atoms with Crippen LogP contribution in [0, 0.1) is 11.8 Å². The minimum absolute atomic E-state index is 0.0726. The van der Waals surface area contributed by atoms with Crippen LogP contribution >= 0.6 is 9.47 Å². The van der Waals surface area contributed by atoms with E-state index in [1.165, 1.54) is 20.0 Å². The summed E-state index contributed by atoms with van der Waals surface area (Å²) in [5.74, 6) is 0.00616. The number of esters is 1. The topological polar surface area (TPSA) is 74.2 Å². The van der Waals surface area contributed by atoms with Crippen LogP contribution in [0.25, 0.3) is 0 Å². The third-order valence-corrected chi connectivity index (χ3v) is 7.25. The lowest BCUT2D eigenvalue weighted by Crippen LogP contribution is -2.33. The molecule has 0 aromatic rings. The Hall–Kier alpha value is -0.260. The van der Waals surface area contributed by atoms with Gasteiger partial charge in [-0.1, -0.05) is 39.0 Å². The number of rotatable bonds is 15. The van der Waals surface area contributed by atoms with Crippen LogP contribution < -0.4 is 0 Å². The standard InChI is InChI=1S/C23H43O6P/c1-3-4-9-13-23(27-15-16-28-23)14-12-19-18(20(24)17-21(19)29-30)10-7-5-6-8-11-22(25)26-2/h18-21,24H,3-17,30H2,1-2H3. The summed E-state index contributed by atoms with van der Waals surface area (Å²) in [6.45, 7) is 3.57. The Labute approximate surface area is 185 Å². The summed E-state index contributed by atoms with van der Waals surface area (Å²) in [7, 11) is 3.83. The molecule has 7 heteroatoms. The highest BCUT2D eigenvalue weighted by Gasteiger charge is 2.44. The molecule has 1 aliphatic carbocycles. The molecule has 0 amide bonds. The van der Waals surface area contributed by atoms with Gasteiger partial charge in [0.15, 0.2) is 5.79 Å². The molecule has 6 nitrogen and oxygen atoms in total. The third-order valence-electron chi connectivity index (χ3n) is 6.90. The van der Waals surface area contributed by atoms with E-state index in [0.29, 0.717) is 32.0 Å². The van der Waals surface area contributed by atoms with Crippen LogP contribution in [0.3, 0.4) is 0 Å². The van der Waals surface area contributed by atoms with E-state index in [2.05, 4.69) is 16.4 Å². The first-order valence-electron chi connectivity index (χ1n) is 11.9. The smallest absolute Gasteiger partial charge is 0.305 e. The highest BCUT2D eigenvalue weighted by atomic mass is 31.0. The maximum Gasteiger partial charge on any atom is 0.305 e. The summed E-state index contributed by atoms with van der Waals surface area (Å²) < 4.78 is 22.5. The second-order valence-electron chi connectivity index (χ2n) is 8.94. The Balaban J connectivity index is 1.82. The highest BCUT2D eigenvalue weighted by molar-refractivity contribution is 7.09. The number of methoxy groups -OCH3 is 1. The summed E-state index contributed by atoms with van der Waals surface area (Å²) in [5, 5.41) is 10.7. The van der Waals surface area contributed by atoms with Gasteiger partial charge in [-0.2, -0.15) is 0 Å². The van der Waals surface area contributed by atoms with E-state index in [0.717, 1.165) is 57.8 Å². The molecule has 1 N–H and O–H groups in total. The van der Waals surface area contributed by atoms with Gasteiger partial charge in [-0.25, -0.2) is 0 Å². The number of carbonyl (C=O) groups is 1. The third kappa shape index (κ3) is 8.02. The maximum atomic E-state index is 11.2.